The van der Waals surface area contributed by atoms with E-state index < -0.39 is 0 Å². The van der Waals surface area contributed by atoms with E-state index in [9.17, 15) is 4.79 Å². The average Bonchev–Trinajstić information content (AvgIpc) is 2.22. The molecule has 1 N–H and O–H groups in total. The SMILES string of the molecule is CC(C)Nn1c(=O)ccc2cccnc21. The molecule has 2 aromatic heterocycles. The molecule has 0 unspecified atom stereocenters. The highest BCUT2D eigenvalue weighted by Crippen LogP contribution is 2.06. The Bertz CT molecular complexity index is 531. The Labute approximate surface area is 87.5 Å². The highest BCUT2D eigenvalue weighted by molar-refractivity contribution is 5.74. The summed E-state index contributed by atoms with van der Waals surface area (Å²) in [6, 6.07) is 7.30. The fourth-order valence-electron chi connectivity index (χ4n) is 1.45. The molecule has 4 heteroatoms. The maximum Gasteiger partial charge on any atom is 0.270 e. The number of pyridine rings is 2. The first-order valence-electron chi connectivity index (χ1n) is 4.92. The minimum atomic E-state index is -0.0881. The number of hydrogen-bond donors (Lipinski definition) is 1. The third-order valence-corrected chi connectivity index (χ3v) is 2.04. The van der Waals surface area contributed by atoms with Gasteiger partial charge < -0.3 is 5.43 Å². The van der Waals surface area contributed by atoms with Gasteiger partial charge in [0.2, 0.25) is 0 Å². The molecule has 0 saturated heterocycles. The van der Waals surface area contributed by atoms with Crippen molar-refractivity contribution in [2.24, 2.45) is 0 Å². The van der Waals surface area contributed by atoms with E-state index in [1.54, 1.807) is 18.3 Å². The van der Waals surface area contributed by atoms with Crippen LogP contribution in [0.15, 0.2) is 35.3 Å². The summed E-state index contributed by atoms with van der Waals surface area (Å²) in [7, 11) is 0. The molecule has 0 aliphatic rings. The monoisotopic (exact) mass is 203 g/mol. The van der Waals surface area contributed by atoms with Crippen LogP contribution in [0.5, 0.6) is 0 Å². The second-order valence-corrected chi connectivity index (χ2v) is 3.71. The summed E-state index contributed by atoms with van der Waals surface area (Å²) < 4.78 is 1.49. The maximum atomic E-state index is 11.6. The molecular weight excluding hydrogens is 190 g/mol. The van der Waals surface area contributed by atoms with Crippen molar-refractivity contribution in [2.45, 2.75) is 19.9 Å². The summed E-state index contributed by atoms with van der Waals surface area (Å²) in [6.45, 7) is 3.96. The van der Waals surface area contributed by atoms with Gasteiger partial charge in [-0.25, -0.2) is 9.66 Å². The molecule has 2 rings (SSSR count). The summed E-state index contributed by atoms with van der Waals surface area (Å²) in [5.41, 5.74) is 3.64. The van der Waals surface area contributed by atoms with Gasteiger partial charge in [0.15, 0.2) is 5.65 Å². The highest BCUT2D eigenvalue weighted by Gasteiger charge is 2.03. The molecule has 78 valence electrons. The van der Waals surface area contributed by atoms with Crippen LogP contribution in [0.25, 0.3) is 11.0 Å². The maximum absolute atomic E-state index is 11.6. The third-order valence-electron chi connectivity index (χ3n) is 2.04. The lowest BCUT2D eigenvalue weighted by Crippen LogP contribution is -2.33. The fraction of sp³-hybridized carbons (Fsp3) is 0.273. The van der Waals surface area contributed by atoms with Gasteiger partial charge in [0, 0.05) is 23.7 Å². The number of fused-ring (bicyclic) bond motifs is 1. The summed E-state index contributed by atoms with van der Waals surface area (Å²) in [4.78, 5) is 15.8. The van der Waals surface area contributed by atoms with Crippen LogP contribution in [0.2, 0.25) is 0 Å². The van der Waals surface area contributed by atoms with Crippen molar-refractivity contribution in [3.05, 3.63) is 40.8 Å². The molecule has 0 amide bonds. The molecule has 2 aromatic rings. The third kappa shape index (κ3) is 1.83. The largest absolute Gasteiger partial charge is 0.319 e. The van der Waals surface area contributed by atoms with Gasteiger partial charge in [-0.2, -0.15) is 0 Å². The van der Waals surface area contributed by atoms with Crippen LogP contribution in [-0.2, 0) is 0 Å². The first-order valence-corrected chi connectivity index (χ1v) is 4.92. The van der Waals surface area contributed by atoms with E-state index in [-0.39, 0.29) is 11.6 Å². The van der Waals surface area contributed by atoms with E-state index in [1.807, 2.05) is 26.0 Å². The lowest BCUT2D eigenvalue weighted by Gasteiger charge is -2.14. The van der Waals surface area contributed by atoms with Crippen molar-refractivity contribution in [3.8, 4) is 0 Å². The van der Waals surface area contributed by atoms with Crippen LogP contribution < -0.4 is 11.0 Å². The van der Waals surface area contributed by atoms with Crippen molar-refractivity contribution >= 4 is 11.0 Å². The Hall–Kier alpha value is -1.84. The van der Waals surface area contributed by atoms with E-state index in [0.29, 0.717) is 5.65 Å². The van der Waals surface area contributed by atoms with Gasteiger partial charge in [-0.15, -0.1) is 0 Å². The first-order chi connectivity index (χ1) is 7.18. The predicted molar refractivity (Wildman–Crippen MR) is 60.5 cm³/mol. The molecule has 0 atom stereocenters. The quantitative estimate of drug-likeness (QED) is 0.801. The molecule has 0 aliphatic carbocycles. The Balaban J connectivity index is 2.68. The summed E-state index contributed by atoms with van der Waals surface area (Å²) in [6.07, 6.45) is 1.68. The van der Waals surface area contributed by atoms with Gasteiger partial charge in [-0.1, -0.05) is 0 Å². The number of aromatic nitrogens is 2. The summed E-state index contributed by atoms with van der Waals surface area (Å²) >= 11 is 0. The molecule has 0 fully saturated rings. The van der Waals surface area contributed by atoms with Gasteiger partial charge in [0.25, 0.3) is 5.56 Å². The van der Waals surface area contributed by atoms with Gasteiger partial charge in [0.05, 0.1) is 0 Å². The molecule has 0 spiro atoms. The summed E-state index contributed by atoms with van der Waals surface area (Å²) in [5, 5.41) is 0.949. The van der Waals surface area contributed by atoms with Crippen LogP contribution in [0, 0.1) is 0 Å². The lowest BCUT2D eigenvalue weighted by molar-refractivity contribution is 0.729. The smallest absolute Gasteiger partial charge is 0.270 e. The second kappa shape index (κ2) is 3.73. The predicted octanol–water partition coefficient (Wildman–Crippen LogP) is 1.35. The van der Waals surface area contributed by atoms with Crippen LogP contribution in [0.4, 0.5) is 0 Å². The average molecular weight is 203 g/mol. The lowest BCUT2D eigenvalue weighted by atomic mass is 10.3. The molecule has 0 saturated carbocycles. The van der Waals surface area contributed by atoms with Crippen molar-refractivity contribution in [1.82, 2.24) is 9.66 Å². The molecule has 4 nitrogen and oxygen atoms in total. The van der Waals surface area contributed by atoms with Crippen molar-refractivity contribution < 1.29 is 0 Å². The van der Waals surface area contributed by atoms with Crippen LogP contribution in [0.1, 0.15) is 13.8 Å². The van der Waals surface area contributed by atoms with E-state index >= 15 is 0 Å². The number of rotatable bonds is 2. The zero-order chi connectivity index (χ0) is 10.8. The zero-order valence-corrected chi connectivity index (χ0v) is 8.77. The number of nitrogens with zero attached hydrogens (tertiary/aromatic N) is 2. The molecule has 15 heavy (non-hydrogen) atoms. The Morgan fingerprint density at radius 3 is 2.87 bits per heavy atom. The van der Waals surface area contributed by atoms with Crippen molar-refractivity contribution in [3.63, 3.8) is 0 Å². The topological polar surface area (TPSA) is 46.9 Å². The van der Waals surface area contributed by atoms with Crippen LogP contribution in [0.3, 0.4) is 0 Å². The molecule has 0 aliphatic heterocycles. The number of nitrogens with one attached hydrogen (secondary N) is 1. The Morgan fingerprint density at radius 1 is 1.33 bits per heavy atom. The minimum absolute atomic E-state index is 0.0881. The normalized spacial score (nSPS) is 10.9. The van der Waals surface area contributed by atoms with E-state index in [2.05, 4.69) is 10.4 Å². The molecule has 2 heterocycles. The summed E-state index contributed by atoms with van der Waals surface area (Å²) in [5.74, 6) is 0. The van der Waals surface area contributed by atoms with Crippen LogP contribution >= 0.6 is 0 Å². The molecule has 0 bridgehead atoms. The fourth-order valence-corrected chi connectivity index (χ4v) is 1.45. The van der Waals surface area contributed by atoms with Gasteiger partial charge in [0.1, 0.15) is 0 Å². The van der Waals surface area contributed by atoms with Crippen molar-refractivity contribution in [1.29, 1.82) is 0 Å². The van der Waals surface area contributed by atoms with Gasteiger partial charge >= 0.3 is 0 Å². The van der Waals surface area contributed by atoms with Crippen LogP contribution in [-0.4, -0.2) is 15.7 Å². The standard InChI is InChI=1S/C11H13N3O/c1-8(2)13-14-10(15)6-5-9-4-3-7-12-11(9)14/h3-8,13H,1-2H3. The zero-order valence-electron chi connectivity index (χ0n) is 8.77. The minimum Gasteiger partial charge on any atom is -0.319 e. The number of hydrogen-bond acceptors (Lipinski definition) is 3. The van der Waals surface area contributed by atoms with Gasteiger partial charge in [-0.3, -0.25) is 4.79 Å². The van der Waals surface area contributed by atoms with Gasteiger partial charge in [-0.05, 0) is 32.0 Å². The first kappa shape index (κ1) is 9.71. The molecule has 0 aromatic carbocycles. The van der Waals surface area contributed by atoms with E-state index in [4.69, 9.17) is 0 Å². The molecular formula is C11H13N3O. The van der Waals surface area contributed by atoms with E-state index in [1.165, 1.54) is 4.68 Å². The Morgan fingerprint density at radius 2 is 2.13 bits per heavy atom. The van der Waals surface area contributed by atoms with E-state index in [0.717, 1.165) is 5.39 Å². The molecule has 0 radical (unpaired) electrons. The second-order valence-electron chi connectivity index (χ2n) is 3.71. The highest BCUT2D eigenvalue weighted by atomic mass is 16.1. The van der Waals surface area contributed by atoms with Crippen molar-refractivity contribution in [2.75, 3.05) is 5.43 Å². The Kier molecular flexibility index (Phi) is 2.41.